The van der Waals surface area contributed by atoms with Crippen LogP contribution in [0.1, 0.15) is 22.8 Å². The second kappa shape index (κ2) is 8.15. The van der Waals surface area contributed by atoms with Crippen LogP contribution in [0.3, 0.4) is 0 Å². The predicted octanol–water partition coefficient (Wildman–Crippen LogP) is 3.55. The molecule has 146 valence electrons. The molecule has 2 rings (SSSR count). The molecule has 2 aromatic rings. The van der Waals surface area contributed by atoms with Gasteiger partial charge in [-0.1, -0.05) is 17.7 Å². The fourth-order valence-corrected chi connectivity index (χ4v) is 3.32. The zero-order valence-corrected chi connectivity index (χ0v) is 15.5. The van der Waals surface area contributed by atoms with Gasteiger partial charge in [0, 0.05) is 10.9 Å². The fourth-order valence-electron chi connectivity index (χ4n) is 2.28. The van der Waals surface area contributed by atoms with Gasteiger partial charge in [0.1, 0.15) is 6.54 Å². The Morgan fingerprint density at radius 1 is 1.33 bits per heavy atom. The number of thiophene rings is 1. The lowest BCUT2D eigenvalue weighted by Gasteiger charge is -2.17. The summed E-state index contributed by atoms with van der Waals surface area (Å²) in [6.45, 7) is 1.17. The van der Waals surface area contributed by atoms with Gasteiger partial charge in [-0.2, -0.15) is 13.2 Å². The average Bonchev–Trinajstić information content (AvgIpc) is 2.95. The van der Waals surface area contributed by atoms with Crippen molar-refractivity contribution < 1.29 is 27.5 Å². The van der Waals surface area contributed by atoms with Crippen molar-refractivity contribution in [2.45, 2.75) is 13.1 Å². The standard InChI is InChI=1S/C16H15ClF3N3O3S/c1-2-26-12(24)6-23(22)15(25)13-9(7-27-14(13)21)8-3-4-11(17)10(5-8)16(18,19)20/h3-5,7H,2,6,21-22H2,1H3. The average molecular weight is 422 g/mol. The molecule has 0 bridgehead atoms. The summed E-state index contributed by atoms with van der Waals surface area (Å²) >= 11 is 6.59. The number of hydrogen-bond donors (Lipinski definition) is 2. The maximum absolute atomic E-state index is 13.1. The number of hydrazine groups is 1. The zero-order valence-electron chi connectivity index (χ0n) is 14.0. The minimum atomic E-state index is -4.66. The van der Waals surface area contributed by atoms with Gasteiger partial charge in [0.25, 0.3) is 5.91 Å². The molecule has 0 fully saturated rings. The van der Waals surface area contributed by atoms with Crippen LogP contribution >= 0.6 is 22.9 Å². The Balaban J connectivity index is 2.42. The monoisotopic (exact) mass is 421 g/mol. The predicted molar refractivity (Wildman–Crippen MR) is 96.0 cm³/mol. The molecule has 0 atom stereocenters. The molecule has 27 heavy (non-hydrogen) atoms. The van der Waals surface area contributed by atoms with E-state index in [9.17, 15) is 22.8 Å². The highest BCUT2D eigenvalue weighted by molar-refractivity contribution is 7.15. The van der Waals surface area contributed by atoms with Crippen LogP contribution in [0.5, 0.6) is 0 Å². The summed E-state index contributed by atoms with van der Waals surface area (Å²) in [6.07, 6.45) is -4.66. The SMILES string of the molecule is CCOC(=O)CN(N)C(=O)c1c(-c2ccc(Cl)c(C(F)(F)F)c2)csc1N. The Morgan fingerprint density at radius 3 is 2.59 bits per heavy atom. The third kappa shape index (κ3) is 4.71. The molecule has 1 heterocycles. The molecule has 0 aliphatic carbocycles. The number of ether oxygens (including phenoxy) is 1. The number of hydrogen-bond acceptors (Lipinski definition) is 6. The van der Waals surface area contributed by atoms with Crippen LogP contribution < -0.4 is 11.6 Å². The van der Waals surface area contributed by atoms with Gasteiger partial charge in [-0.25, -0.2) is 5.84 Å². The number of halogens is 4. The van der Waals surface area contributed by atoms with Crippen LogP contribution in [0.25, 0.3) is 11.1 Å². The van der Waals surface area contributed by atoms with E-state index in [1.165, 1.54) is 11.4 Å². The van der Waals surface area contributed by atoms with Crippen molar-refractivity contribution in [3.8, 4) is 11.1 Å². The number of nitrogen functional groups attached to an aromatic ring is 1. The van der Waals surface area contributed by atoms with Gasteiger partial charge in [0.2, 0.25) is 0 Å². The van der Waals surface area contributed by atoms with Crippen LogP contribution in [0.4, 0.5) is 18.2 Å². The number of nitrogens with two attached hydrogens (primary N) is 2. The number of amides is 1. The lowest BCUT2D eigenvalue weighted by Crippen LogP contribution is -2.42. The summed E-state index contributed by atoms with van der Waals surface area (Å²) in [5.74, 6) is 4.06. The van der Waals surface area contributed by atoms with Gasteiger partial charge in [0.15, 0.2) is 0 Å². The molecular weight excluding hydrogens is 407 g/mol. The number of esters is 1. The highest BCUT2D eigenvalue weighted by Crippen LogP contribution is 2.40. The van der Waals surface area contributed by atoms with Crippen molar-refractivity contribution >= 4 is 39.8 Å². The van der Waals surface area contributed by atoms with Gasteiger partial charge >= 0.3 is 12.1 Å². The molecule has 11 heteroatoms. The number of anilines is 1. The Kier molecular flexibility index (Phi) is 6.34. The second-order valence-electron chi connectivity index (χ2n) is 5.32. The molecule has 0 saturated heterocycles. The Labute approximate surface area is 161 Å². The van der Waals surface area contributed by atoms with E-state index < -0.39 is 35.2 Å². The van der Waals surface area contributed by atoms with Gasteiger partial charge in [0.05, 0.1) is 27.8 Å². The van der Waals surface area contributed by atoms with E-state index >= 15 is 0 Å². The van der Waals surface area contributed by atoms with Crippen molar-refractivity contribution in [2.24, 2.45) is 5.84 Å². The lowest BCUT2D eigenvalue weighted by atomic mass is 10.0. The third-order valence-electron chi connectivity index (χ3n) is 3.48. The molecule has 0 unspecified atom stereocenters. The van der Waals surface area contributed by atoms with Crippen molar-refractivity contribution in [1.29, 1.82) is 0 Å². The van der Waals surface area contributed by atoms with Crippen molar-refractivity contribution in [3.05, 3.63) is 39.7 Å². The molecule has 0 aliphatic rings. The Morgan fingerprint density at radius 2 is 2.00 bits per heavy atom. The fraction of sp³-hybridized carbons (Fsp3) is 0.250. The lowest BCUT2D eigenvalue weighted by molar-refractivity contribution is -0.144. The van der Waals surface area contributed by atoms with Gasteiger partial charge in [-0.3, -0.25) is 14.6 Å². The summed E-state index contributed by atoms with van der Waals surface area (Å²) in [6, 6.07) is 3.25. The van der Waals surface area contributed by atoms with E-state index in [1.807, 2.05) is 0 Å². The summed E-state index contributed by atoms with van der Waals surface area (Å²) in [5, 5.41) is 1.62. The topological polar surface area (TPSA) is 98.6 Å². The Bertz CT molecular complexity index is 870. The molecule has 1 aromatic heterocycles. The quantitative estimate of drug-likeness (QED) is 0.333. The molecule has 1 amide bonds. The number of rotatable bonds is 5. The second-order valence-corrected chi connectivity index (χ2v) is 6.64. The summed E-state index contributed by atoms with van der Waals surface area (Å²) < 4.78 is 44.0. The van der Waals surface area contributed by atoms with Crippen LogP contribution in [-0.2, 0) is 15.7 Å². The van der Waals surface area contributed by atoms with E-state index in [-0.39, 0.29) is 28.3 Å². The number of carbonyl (C=O) groups is 2. The first-order valence-electron chi connectivity index (χ1n) is 7.52. The van der Waals surface area contributed by atoms with Gasteiger partial charge in [-0.05, 0) is 24.6 Å². The molecule has 0 saturated carbocycles. The van der Waals surface area contributed by atoms with E-state index in [0.29, 0.717) is 5.01 Å². The highest BCUT2D eigenvalue weighted by atomic mass is 35.5. The first-order valence-corrected chi connectivity index (χ1v) is 8.78. The van der Waals surface area contributed by atoms with Crippen LogP contribution in [0.15, 0.2) is 23.6 Å². The largest absolute Gasteiger partial charge is 0.465 e. The summed E-state index contributed by atoms with van der Waals surface area (Å²) in [4.78, 5) is 24.1. The molecule has 0 spiro atoms. The van der Waals surface area contributed by atoms with Gasteiger partial charge < -0.3 is 10.5 Å². The van der Waals surface area contributed by atoms with E-state index in [2.05, 4.69) is 0 Å². The maximum atomic E-state index is 13.1. The van der Waals surface area contributed by atoms with Crippen LogP contribution in [-0.4, -0.2) is 30.0 Å². The normalized spacial score (nSPS) is 11.3. The van der Waals surface area contributed by atoms with Crippen molar-refractivity contribution in [3.63, 3.8) is 0 Å². The molecule has 4 N–H and O–H groups in total. The van der Waals surface area contributed by atoms with Crippen LogP contribution in [0.2, 0.25) is 5.02 Å². The third-order valence-corrected chi connectivity index (χ3v) is 4.62. The molecule has 0 radical (unpaired) electrons. The molecule has 6 nitrogen and oxygen atoms in total. The number of benzene rings is 1. The van der Waals surface area contributed by atoms with Gasteiger partial charge in [-0.15, -0.1) is 11.3 Å². The number of alkyl halides is 3. The minimum Gasteiger partial charge on any atom is -0.465 e. The van der Waals surface area contributed by atoms with Crippen molar-refractivity contribution in [1.82, 2.24) is 5.01 Å². The smallest absolute Gasteiger partial charge is 0.417 e. The molecule has 0 aliphatic heterocycles. The van der Waals surface area contributed by atoms with Crippen molar-refractivity contribution in [2.75, 3.05) is 18.9 Å². The van der Waals surface area contributed by atoms with Crippen LogP contribution in [0, 0.1) is 0 Å². The number of nitrogens with zero attached hydrogens (tertiary/aromatic N) is 1. The van der Waals surface area contributed by atoms with E-state index in [0.717, 1.165) is 23.5 Å². The summed E-state index contributed by atoms with van der Waals surface area (Å²) in [7, 11) is 0. The minimum absolute atomic E-state index is 0.0535. The molecular formula is C16H15ClF3N3O3S. The summed E-state index contributed by atoms with van der Waals surface area (Å²) in [5.41, 5.74) is 4.92. The maximum Gasteiger partial charge on any atom is 0.417 e. The highest BCUT2D eigenvalue weighted by Gasteiger charge is 2.34. The first-order chi connectivity index (χ1) is 12.6. The van der Waals surface area contributed by atoms with E-state index in [1.54, 1.807) is 6.92 Å². The van der Waals surface area contributed by atoms with E-state index in [4.69, 9.17) is 27.9 Å². The number of carbonyl (C=O) groups excluding carboxylic acids is 2. The molecule has 1 aromatic carbocycles. The Hall–Kier alpha value is -2.30. The first kappa shape index (κ1) is 21.0. The zero-order chi connectivity index (χ0) is 20.4.